The van der Waals surface area contributed by atoms with Gasteiger partial charge in [0.1, 0.15) is 17.5 Å². The number of nitrogens with zero attached hydrogens (tertiary/aromatic N) is 2. The fourth-order valence-corrected chi connectivity index (χ4v) is 1.28. The molecule has 1 aromatic rings. The molecule has 4 heteroatoms. The second kappa shape index (κ2) is 5.68. The van der Waals surface area contributed by atoms with Crippen molar-refractivity contribution in [3.63, 3.8) is 0 Å². The summed E-state index contributed by atoms with van der Waals surface area (Å²) in [5.41, 5.74) is 0. The first-order chi connectivity index (χ1) is 7.56. The number of aromatic nitrogens is 2. The average molecular weight is 222 g/mol. The largest absolute Gasteiger partial charge is 0.373 e. The fourth-order valence-electron chi connectivity index (χ4n) is 1.28. The lowest BCUT2D eigenvalue weighted by Crippen LogP contribution is -2.16. The Morgan fingerprint density at radius 2 is 1.81 bits per heavy atom. The number of rotatable bonds is 5. The van der Waals surface area contributed by atoms with Gasteiger partial charge in [0.15, 0.2) is 0 Å². The topological polar surface area (TPSA) is 49.8 Å². The highest BCUT2D eigenvalue weighted by Gasteiger charge is 2.08. The van der Waals surface area contributed by atoms with Crippen LogP contribution in [0.1, 0.15) is 45.9 Å². The van der Waals surface area contributed by atoms with Gasteiger partial charge in [-0.3, -0.25) is 0 Å². The lowest BCUT2D eigenvalue weighted by Gasteiger charge is -2.15. The van der Waals surface area contributed by atoms with Gasteiger partial charge in [0.25, 0.3) is 0 Å². The second-order valence-electron chi connectivity index (χ2n) is 4.35. The summed E-state index contributed by atoms with van der Waals surface area (Å²) in [4.78, 5) is 8.93. The van der Waals surface area contributed by atoms with Crippen LogP contribution in [0.3, 0.4) is 0 Å². The van der Waals surface area contributed by atoms with Crippen LogP contribution in [0, 0.1) is 0 Å². The van der Waals surface area contributed by atoms with Gasteiger partial charge in [-0.2, -0.15) is 0 Å². The van der Waals surface area contributed by atoms with E-state index in [0.29, 0.717) is 12.0 Å². The molecule has 1 atom stereocenters. The zero-order chi connectivity index (χ0) is 12.1. The SMILES string of the molecule is CCC(C)Nc1cc(NC)nc(C(C)C)n1. The molecule has 0 aliphatic heterocycles. The number of hydrogen-bond donors (Lipinski definition) is 2. The van der Waals surface area contributed by atoms with Crippen molar-refractivity contribution in [2.24, 2.45) is 0 Å². The molecule has 2 N–H and O–H groups in total. The third-order valence-corrected chi connectivity index (χ3v) is 2.52. The first-order valence-corrected chi connectivity index (χ1v) is 5.90. The quantitative estimate of drug-likeness (QED) is 0.804. The van der Waals surface area contributed by atoms with E-state index in [1.165, 1.54) is 0 Å². The van der Waals surface area contributed by atoms with E-state index in [2.05, 4.69) is 48.3 Å². The Balaban J connectivity index is 2.95. The molecule has 16 heavy (non-hydrogen) atoms. The predicted octanol–water partition coefficient (Wildman–Crippen LogP) is 2.85. The van der Waals surface area contributed by atoms with Crippen LogP contribution in [0.4, 0.5) is 11.6 Å². The van der Waals surface area contributed by atoms with Gasteiger partial charge in [0, 0.05) is 25.1 Å². The summed E-state index contributed by atoms with van der Waals surface area (Å²) in [7, 11) is 1.87. The molecule has 0 spiro atoms. The van der Waals surface area contributed by atoms with Crippen molar-refractivity contribution >= 4 is 11.6 Å². The molecule has 4 nitrogen and oxygen atoms in total. The van der Waals surface area contributed by atoms with Crippen LogP contribution >= 0.6 is 0 Å². The average Bonchev–Trinajstić information content (AvgIpc) is 2.28. The van der Waals surface area contributed by atoms with Crippen LogP contribution in [0.15, 0.2) is 6.07 Å². The summed E-state index contributed by atoms with van der Waals surface area (Å²) >= 11 is 0. The molecular weight excluding hydrogens is 200 g/mol. The first-order valence-electron chi connectivity index (χ1n) is 5.90. The Hall–Kier alpha value is -1.32. The normalized spacial score (nSPS) is 12.6. The maximum absolute atomic E-state index is 4.51. The molecule has 0 bridgehead atoms. The lowest BCUT2D eigenvalue weighted by atomic mass is 10.2. The monoisotopic (exact) mass is 222 g/mol. The van der Waals surface area contributed by atoms with Crippen LogP contribution in [0.5, 0.6) is 0 Å². The van der Waals surface area contributed by atoms with Crippen LogP contribution in [-0.2, 0) is 0 Å². The summed E-state index contributed by atoms with van der Waals surface area (Å²) in [6.45, 7) is 8.50. The molecule has 90 valence electrons. The lowest BCUT2D eigenvalue weighted by molar-refractivity contribution is 0.742. The van der Waals surface area contributed by atoms with Gasteiger partial charge in [-0.05, 0) is 13.3 Å². The van der Waals surface area contributed by atoms with Crippen molar-refractivity contribution in [1.82, 2.24) is 9.97 Å². The first kappa shape index (κ1) is 12.7. The van der Waals surface area contributed by atoms with E-state index in [1.807, 2.05) is 13.1 Å². The Morgan fingerprint density at radius 3 is 2.31 bits per heavy atom. The molecule has 1 unspecified atom stereocenters. The van der Waals surface area contributed by atoms with Crippen LogP contribution < -0.4 is 10.6 Å². The summed E-state index contributed by atoms with van der Waals surface area (Å²) in [6, 6.07) is 2.37. The Bertz CT molecular complexity index is 336. The molecule has 0 saturated heterocycles. The molecule has 1 rings (SSSR count). The minimum absolute atomic E-state index is 0.339. The summed E-state index contributed by atoms with van der Waals surface area (Å²) in [5, 5.41) is 6.43. The number of hydrogen-bond acceptors (Lipinski definition) is 4. The fraction of sp³-hybridized carbons (Fsp3) is 0.667. The standard InChI is InChI=1S/C12H22N4/c1-6-9(4)14-11-7-10(13-5)15-12(16-11)8(2)3/h7-9H,6H2,1-5H3,(H2,13,14,15,16). The molecule has 1 aromatic heterocycles. The van der Waals surface area contributed by atoms with Gasteiger partial charge in [-0.25, -0.2) is 9.97 Å². The molecule has 1 heterocycles. The van der Waals surface area contributed by atoms with Gasteiger partial charge >= 0.3 is 0 Å². The van der Waals surface area contributed by atoms with Crippen molar-refractivity contribution in [1.29, 1.82) is 0 Å². The number of nitrogens with one attached hydrogen (secondary N) is 2. The maximum atomic E-state index is 4.51. The van der Waals surface area contributed by atoms with E-state index in [4.69, 9.17) is 0 Å². The smallest absolute Gasteiger partial charge is 0.135 e. The van der Waals surface area contributed by atoms with Gasteiger partial charge in [-0.15, -0.1) is 0 Å². The summed E-state index contributed by atoms with van der Waals surface area (Å²) in [5.74, 6) is 2.98. The zero-order valence-electron chi connectivity index (χ0n) is 10.8. The summed E-state index contributed by atoms with van der Waals surface area (Å²) < 4.78 is 0. The third kappa shape index (κ3) is 3.36. The summed E-state index contributed by atoms with van der Waals surface area (Å²) in [6.07, 6.45) is 1.08. The Morgan fingerprint density at radius 1 is 1.19 bits per heavy atom. The van der Waals surface area contributed by atoms with E-state index in [9.17, 15) is 0 Å². The van der Waals surface area contributed by atoms with Crippen LogP contribution in [0.2, 0.25) is 0 Å². The molecule has 0 saturated carbocycles. The number of anilines is 2. The van der Waals surface area contributed by atoms with E-state index in [0.717, 1.165) is 23.9 Å². The predicted molar refractivity (Wildman–Crippen MR) is 69.0 cm³/mol. The molecular formula is C12H22N4. The van der Waals surface area contributed by atoms with Crippen molar-refractivity contribution < 1.29 is 0 Å². The van der Waals surface area contributed by atoms with Crippen molar-refractivity contribution in [3.8, 4) is 0 Å². The van der Waals surface area contributed by atoms with Crippen molar-refractivity contribution in [2.45, 2.75) is 46.1 Å². The van der Waals surface area contributed by atoms with E-state index in [1.54, 1.807) is 0 Å². The third-order valence-electron chi connectivity index (χ3n) is 2.52. The van der Waals surface area contributed by atoms with Gasteiger partial charge in [-0.1, -0.05) is 20.8 Å². The van der Waals surface area contributed by atoms with Crippen LogP contribution in [0.25, 0.3) is 0 Å². The van der Waals surface area contributed by atoms with Gasteiger partial charge in [0.2, 0.25) is 0 Å². The van der Waals surface area contributed by atoms with Gasteiger partial charge in [0.05, 0.1) is 0 Å². The Kier molecular flexibility index (Phi) is 4.52. The molecule has 0 fully saturated rings. The highest BCUT2D eigenvalue weighted by Crippen LogP contribution is 2.17. The van der Waals surface area contributed by atoms with Crippen molar-refractivity contribution in [3.05, 3.63) is 11.9 Å². The molecule has 0 radical (unpaired) electrons. The van der Waals surface area contributed by atoms with E-state index >= 15 is 0 Å². The Labute approximate surface area is 97.9 Å². The maximum Gasteiger partial charge on any atom is 0.135 e. The zero-order valence-corrected chi connectivity index (χ0v) is 10.8. The highest BCUT2D eigenvalue weighted by atomic mass is 15.1. The molecule has 0 aliphatic carbocycles. The van der Waals surface area contributed by atoms with Gasteiger partial charge < -0.3 is 10.6 Å². The van der Waals surface area contributed by atoms with Crippen LogP contribution in [-0.4, -0.2) is 23.1 Å². The molecule has 0 aliphatic rings. The van der Waals surface area contributed by atoms with Crippen molar-refractivity contribution in [2.75, 3.05) is 17.7 Å². The minimum atomic E-state index is 0.339. The second-order valence-corrected chi connectivity index (χ2v) is 4.35. The highest BCUT2D eigenvalue weighted by molar-refractivity contribution is 5.47. The molecule has 0 aromatic carbocycles. The molecule has 0 amide bonds. The van der Waals surface area contributed by atoms with E-state index < -0.39 is 0 Å². The van der Waals surface area contributed by atoms with E-state index in [-0.39, 0.29) is 0 Å². The minimum Gasteiger partial charge on any atom is -0.373 e.